The first-order valence-corrected chi connectivity index (χ1v) is 6.08. The highest BCUT2D eigenvalue weighted by molar-refractivity contribution is 7.21. The summed E-state index contributed by atoms with van der Waals surface area (Å²) in [7, 11) is 1.85. The Morgan fingerprint density at radius 2 is 2.28 bits per heavy atom. The summed E-state index contributed by atoms with van der Waals surface area (Å²) in [5, 5.41) is 13.9. The third-order valence-electron chi connectivity index (χ3n) is 2.59. The molecule has 1 aromatic carbocycles. The number of rotatable bonds is 2. The Morgan fingerprint density at radius 1 is 1.44 bits per heavy atom. The molecule has 0 saturated carbocycles. The maximum absolute atomic E-state index is 10.9. The molecule has 0 saturated heterocycles. The Balaban J connectivity index is 2.13. The van der Waals surface area contributed by atoms with Gasteiger partial charge in [-0.1, -0.05) is 0 Å². The summed E-state index contributed by atoms with van der Waals surface area (Å²) in [6, 6.07) is 4.95. The fraction of sp³-hybridized carbons (Fsp3) is 0.0833. The van der Waals surface area contributed by atoms with Gasteiger partial charge in [0.15, 0.2) is 0 Å². The molecule has 1 N–H and O–H groups in total. The van der Waals surface area contributed by atoms with Crippen molar-refractivity contribution in [3.63, 3.8) is 0 Å². The van der Waals surface area contributed by atoms with Gasteiger partial charge in [-0.3, -0.25) is 4.68 Å². The van der Waals surface area contributed by atoms with E-state index in [2.05, 4.69) is 10.1 Å². The van der Waals surface area contributed by atoms with E-state index >= 15 is 0 Å². The molecule has 0 fully saturated rings. The quantitative estimate of drug-likeness (QED) is 0.767. The maximum atomic E-state index is 10.9. The molecule has 0 unspecified atom stereocenters. The van der Waals surface area contributed by atoms with Crippen LogP contribution in [0.2, 0.25) is 0 Å². The lowest BCUT2D eigenvalue weighted by Gasteiger charge is -1.91. The summed E-state index contributed by atoms with van der Waals surface area (Å²) in [6.07, 6.45) is 3.63. The molecule has 0 amide bonds. The standard InChI is InChI=1S/C12H9N3O2S/c1-15-6-8(5-13-15)11-14-9-3-2-7(12(16)17)4-10(9)18-11/h2-6H,1H3,(H,16,17). The van der Waals surface area contributed by atoms with Gasteiger partial charge in [0.25, 0.3) is 0 Å². The second-order valence-corrected chi connectivity index (χ2v) is 4.94. The van der Waals surface area contributed by atoms with E-state index in [4.69, 9.17) is 5.11 Å². The summed E-state index contributed by atoms with van der Waals surface area (Å²) in [5.41, 5.74) is 2.03. The van der Waals surface area contributed by atoms with Gasteiger partial charge in [-0.15, -0.1) is 11.3 Å². The third kappa shape index (κ3) is 1.76. The van der Waals surface area contributed by atoms with Crippen LogP contribution in [-0.4, -0.2) is 25.8 Å². The smallest absolute Gasteiger partial charge is 0.335 e. The van der Waals surface area contributed by atoms with E-state index in [0.29, 0.717) is 0 Å². The van der Waals surface area contributed by atoms with E-state index in [1.54, 1.807) is 29.1 Å². The van der Waals surface area contributed by atoms with Crippen LogP contribution in [0.5, 0.6) is 0 Å². The summed E-state index contributed by atoms with van der Waals surface area (Å²) in [6.45, 7) is 0. The van der Waals surface area contributed by atoms with E-state index in [0.717, 1.165) is 20.8 Å². The van der Waals surface area contributed by atoms with Crippen molar-refractivity contribution in [2.24, 2.45) is 7.05 Å². The Morgan fingerprint density at radius 3 is 2.94 bits per heavy atom. The lowest BCUT2D eigenvalue weighted by molar-refractivity contribution is 0.0697. The summed E-state index contributed by atoms with van der Waals surface area (Å²) < 4.78 is 2.58. The molecule has 2 aromatic heterocycles. The van der Waals surface area contributed by atoms with Crippen LogP contribution in [0.1, 0.15) is 10.4 Å². The van der Waals surface area contributed by atoms with Gasteiger partial charge in [0, 0.05) is 18.8 Å². The average molecular weight is 259 g/mol. The number of carboxylic acids is 1. The first kappa shape index (κ1) is 10.9. The van der Waals surface area contributed by atoms with Gasteiger partial charge in [-0.25, -0.2) is 9.78 Å². The minimum atomic E-state index is -0.923. The number of carboxylic acid groups (broad SMARTS) is 1. The molecular weight excluding hydrogens is 250 g/mol. The van der Waals surface area contributed by atoms with Crippen LogP contribution >= 0.6 is 11.3 Å². The molecule has 0 atom stereocenters. The minimum Gasteiger partial charge on any atom is -0.478 e. The van der Waals surface area contributed by atoms with E-state index in [1.807, 2.05) is 13.2 Å². The van der Waals surface area contributed by atoms with Crippen LogP contribution < -0.4 is 0 Å². The average Bonchev–Trinajstić information content (AvgIpc) is 2.93. The molecule has 18 heavy (non-hydrogen) atoms. The van der Waals surface area contributed by atoms with Crippen LogP contribution in [0.15, 0.2) is 30.6 Å². The van der Waals surface area contributed by atoms with Crippen LogP contribution in [0, 0.1) is 0 Å². The van der Waals surface area contributed by atoms with Crippen LogP contribution in [0.3, 0.4) is 0 Å². The number of aryl methyl sites for hydroxylation is 1. The highest BCUT2D eigenvalue weighted by Gasteiger charge is 2.10. The zero-order chi connectivity index (χ0) is 12.7. The summed E-state index contributed by atoms with van der Waals surface area (Å²) in [4.78, 5) is 15.4. The normalized spacial score (nSPS) is 10.9. The molecule has 2 heterocycles. The molecule has 0 aliphatic carbocycles. The number of aromatic nitrogens is 3. The second kappa shape index (κ2) is 3.92. The van der Waals surface area contributed by atoms with E-state index in [9.17, 15) is 4.79 Å². The number of fused-ring (bicyclic) bond motifs is 1. The van der Waals surface area contributed by atoms with Crippen molar-refractivity contribution in [2.45, 2.75) is 0 Å². The zero-order valence-electron chi connectivity index (χ0n) is 9.49. The molecule has 90 valence electrons. The topological polar surface area (TPSA) is 68.0 Å². The Bertz CT molecular complexity index is 745. The number of hydrogen-bond acceptors (Lipinski definition) is 4. The van der Waals surface area contributed by atoms with Gasteiger partial charge in [0.2, 0.25) is 0 Å². The van der Waals surface area contributed by atoms with E-state index in [1.165, 1.54) is 11.3 Å². The lowest BCUT2D eigenvalue weighted by Crippen LogP contribution is -1.94. The molecular formula is C12H9N3O2S. The van der Waals surface area contributed by atoms with Crippen LogP contribution in [-0.2, 0) is 7.05 Å². The predicted octanol–water partition coefficient (Wildman–Crippen LogP) is 2.39. The van der Waals surface area contributed by atoms with Gasteiger partial charge in [0.1, 0.15) is 5.01 Å². The Labute approximate surface area is 106 Å². The number of thiazole rings is 1. The lowest BCUT2D eigenvalue weighted by atomic mass is 10.2. The first-order valence-electron chi connectivity index (χ1n) is 5.26. The number of hydrogen-bond donors (Lipinski definition) is 1. The van der Waals surface area contributed by atoms with Gasteiger partial charge in [0.05, 0.1) is 22.0 Å². The highest BCUT2D eigenvalue weighted by atomic mass is 32.1. The second-order valence-electron chi connectivity index (χ2n) is 3.91. The molecule has 3 rings (SSSR count). The zero-order valence-corrected chi connectivity index (χ0v) is 10.3. The van der Waals surface area contributed by atoms with E-state index in [-0.39, 0.29) is 5.56 Å². The van der Waals surface area contributed by atoms with Gasteiger partial charge < -0.3 is 5.11 Å². The van der Waals surface area contributed by atoms with E-state index < -0.39 is 5.97 Å². The van der Waals surface area contributed by atoms with Crippen molar-refractivity contribution in [3.8, 4) is 10.6 Å². The molecule has 3 aromatic rings. The molecule has 0 aliphatic heterocycles. The monoisotopic (exact) mass is 259 g/mol. The highest BCUT2D eigenvalue weighted by Crippen LogP contribution is 2.30. The van der Waals surface area contributed by atoms with Crippen molar-refractivity contribution in [1.82, 2.24) is 14.8 Å². The molecule has 0 spiro atoms. The summed E-state index contributed by atoms with van der Waals surface area (Å²) in [5.74, 6) is -0.923. The number of nitrogens with zero attached hydrogens (tertiary/aromatic N) is 3. The maximum Gasteiger partial charge on any atom is 0.335 e. The number of benzene rings is 1. The molecule has 5 nitrogen and oxygen atoms in total. The van der Waals surface area contributed by atoms with Crippen molar-refractivity contribution in [3.05, 3.63) is 36.2 Å². The third-order valence-corrected chi connectivity index (χ3v) is 3.65. The van der Waals surface area contributed by atoms with Crippen molar-refractivity contribution in [2.75, 3.05) is 0 Å². The summed E-state index contributed by atoms with van der Waals surface area (Å²) >= 11 is 1.47. The Hall–Kier alpha value is -2.21. The number of aromatic carboxylic acids is 1. The Kier molecular flexibility index (Phi) is 2.38. The fourth-order valence-electron chi connectivity index (χ4n) is 1.71. The molecule has 0 aliphatic rings. The van der Waals surface area contributed by atoms with Crippen molar-refractivity contribution >= 4 is 27.5 Å². The van der Waals surface area contributed by atoms with Gasteiger partial charge in [-0.2, -0.15) is 5.10 Å². The van der Waals surface area contributed by atoms with Crippen molar-refractivity contribution in [1.29, 1.82) is 0 Å². The minimum absolute atomic E-state index is 0.281. The van der Waals surface area contributed by atoms with Crippen molar-refractivity contribution < 1.29 is 9.90 Å². The molecule has 6 heteroatoms. The van der Waals surface area contributed by atoms with Crippen LogP contribution in [0.25, 0.3) is 20.8 Å². The molecule has 0 radical (unpaired) electrons. The SMILES string of the molecule is Cn1cc(-c2nc3ccc(C(=O)O)cc3s2)cn1. The van der Waals surface area contributed by atoms with Gasteiger partial charge in [-0.05, 0) is 18.2 Å². The van der Waals surface area contributed by atoms with Gasteiger partial charge >= 0.3 is 5.97 Å². The molecule has 0 bridgehead atoms. The number of carbonyl (C=O) groups is 1. The predicted molar refractivity (Wildman–Crippen MR) is 68.8 cm³/mol. The van der Waals surface area contributed by atoms with Crippen LogP contribution in [0.4, 0.5) is 0 Å². The first-order chi connectivity index (χ1) is 8.63. The fourth-order valence-corrected chi connectivity index (χ4v) is 2.69. The largest absolute Gasteiger partial charge is 0.478 e.